The molecule has 3 heteroatoms. The van der Waals surface area contributed by atoms with Crippen molar-refractivity contribution in [3.05, 3.63) is 65.2 Å². The summed E-state index contributed by atoms with van der Waals surface area (Å²) in [5.74, 6) is 0.721. The first-order valence-corrected chi connectivity index (χ1v) is 10.4. The Morgan fingerprint density at radius 1 is 1.04 bits per heavy atom. The van der Waals surface area contributed by atoms with Crippen LogP contribution in [0.3, 0.4) is 0 Å². The first kappa shape index (κ1) is 20.3. The van der Waals surface area contributed by atoms with Crippen molar-refractivity contribution in [2.45, 2.75) is 34.1 Å². The highest BCUT2D eigenvalue weighted by molar-refractivity contribution is 6.10. The molecule has 0 amide bonds. The Balaban J connectivity index is 1.96. The predicted octanol–water partition coefficient (Wildman–Crippen LogP) is 5.27. The van der Waals surface area contributed by atoms with Crippen LogP contribution in [-0.2, 0) is 6.42 Å². The van der Waals surface area contributed by atoms with Crippen LogP contribution >= 0.6 is 0 Å². The second-order valence-electron chi connectivity index (χ2n) is 7.77. The third-order valence-corrected chi connectivity index (χ3v) is 6.39. The highest BCUT2D eigenvalue weighted by Gasteiger charge is 2.27. The summed E-state index contributed by atoms with van der Waals surface area (Å²) in [6.07, 6.45) is 0.813. The molecule has 0 unspecified atom stereocenters. The Hall–Kier alpha value is -2.39. The van der Waals surface area contributed by atoms with Gasteiger partial charge in [0, 0.05) is 12.0 Å². The Kier molecular flexibility index (Phi) is 6.04. The van der Waals surface area contributed by atoms with Gasteiger partial charge in [0.25, 0.3) is 0 Å². The van der Waals surface area contributed by atoms with E-state index >= 15 is 0 Å². The summed E-state index contributed by atoms with van der Waals surface area (Å²) in [6.45, 7) is 17.2. The zero-order chi connectivity index (χ0) is 20.3. The molecule has 0 N–H and O–H groups in total. The van der Waals surface area contributed by atoms with Gasteiger partial charge in [0.05, 0.1) is 25.2 Å². The van der Waals surface area contributed by atoms with Crippen molar-refractivity contribution in [2.75, 3.05) is 32.8 Å². The number of carbonyl (C=O) groups is 1. The first-order chi connectivity index (χ1) is 13.5. The van der Waals surface area contributed by atoms with Crippen molar-refractivity contribution in [3.63, 3.8) is 0 Å². The summed E-state index contributed by atoms with van der Waals surface area (Å²) in [6, 6.07) is 12.4. The maximum absolute atomic E-state index is 12.8. The fourth-order valence-corrected chi connectivity index (χ4v) is 4.24. The molecule has 0 aromatic heterocycles. The van der Waals surface area contributed by atoms with Crippen LogP contribution < -0.4 is 4.74 Å². The molecule has 0 radical (unpaired) electrons. The third-order valence-electron chi connectivity index (χ3n) is 6.39. The van der Waals surface area contributed by atoms with Gasteiger partial charge >= 0.3 is 0 Å². The summed E-state index contributed by atoms with van der Waals surface area (Å²) >= 11 is 0. The number of likely N-dealkylation sites (N-methyl/N-ethyl adjacent to an activating group) is 1. The number of allylic oxidation sites excluding steroid dienone is 1. The van der Waals surface area contributed by atoms with Crippen molar-refractivity contribution in [3.8, 4) is 16.9 Å². The number of nitrogens with zero attached hydrogens (tertiary/aromatic N) is 1. The molecule has 28 heavy (non-hydrogen) atoms. The van der Waals surface area contributed by atoms with E-state index < -0.39 is 0 Å². The molecule has 3 nitrogen and oxygen atoms in total. The lowest BCUT2D eigenvalue weighted by atomic mass is 9.97. The highest BCUT2D eigenvalue weighted by Crippen LogP contribution is 2.43. The highest BCUT2D eigenvalue weighted by atomic mass is 16.5. The standard InChI is InChI=1S/C25H32NO2/c1-6-26(7-2,8-3)15-16-28-25-22(24(27)18(4)5)14-13-21-20-12-10-9-11-19(20)17-23(21)25/h9-14H,4,6-8,15-17H2,1-3,5H3/q+1. The normalized spacial score (nSPS) is 12.4. The molecule has 0 bridgehead atoms. The van der Waals surface area contributed by atoms with E-state index in [1.54, 1.807) is 6.92 Å². The number of hydrogen-bond donors (Lipinski definition) is 0. The van der Waals surface area contributed by atoms with Crippen LogP contribution in [0.4, 0.5) is 0 Å². The fourth-order valence-electron chi connectivity index (χ4n) is 4.24. The van der Waals surface area contributed by atoms with E-state index in [1.165, 1.54) is 16.7 Å². The van der Waals surface area contributed by atoms with Gasteiger partial charge in [0.1, 0.15) is 18.9 Å². The van der Waals surface area contributed by atoms with Gasteiger partial charge in [0.2, 0.25) is 0 Å². The summed E-state index contributed by atoms with van der Waals surface area (Å²) in [7, 11) is 0. The van der Waals surface area contributed by atoms with Crippen molar-refractivity contribution < 1.29 is 14.0 Å². The van der Waals surface area contributed by atoms with Crippen molar-refractivity contribution in [2.24, 2.45) is 0 Å². The molecule has 0 heterocycles. The van der Waals surface area contributed by atoms with E-state index in [-0.39, 0.29) is 5.78 Å². The van der Waals surface area contributed by atoms with E-state index in [1.807, 2.05) is 6.07 Å². The molecule has 3 rings (SSSR count). The molecule has 0 spiro atoms. The number of rotatable bonds is 9. The van der Waals surface area contributed by atoms with Crippen molar-refractivity contribution in [1.29, 1.82) is 0 Å². The zero-order valence-electron chi connectivity index (χ0n) is 17.7. The summed E-state index contributed by atoms with van der Waals surface area (Å²) in [5, 5.41) is 0. The van der Waals surface area contributed by atoms with E-state index in [0.717, 1.165) is 48.4 Å². The molecule has 0 aliphatic heterocycles. The smallest absolute Gasteiger partial charge is 0.191 e. The van der Waals surface area contributed by atoms with E-state index in [2.05, 4.69) is 57.7 Å². The number of ether oxygens (including phenoxy) is 1. The minimum atomic E-state index is -0.0315. The molecule has 1 aliphatic rings. The minimum Gasteiger partial charge on any atom is -0.487 e. The van der Waals surface area contributed by atoms with Gasteiger partial charge in [-0.2, -0.15) is 0 Å². The van der Waals surface area contributed by atoms with Gasteiger partial charge in [-0.05, 0) is 56.0 Å². The quantitative estimate of drug-likeness (QED) is 0.288. The second-order valence-corrected chi connectivity index (χ2v) is 7.77. The molecular formula is C25H32NO2+. The number of quaternary nitrogens is 1. The largest absolute Gasteiger partial charge is 0.487 e. The fraction of sp³-hybridized carbons (Fsp3) is 0.400. The molecular weight excluding hydrogens is 346 g/mol. The lowest BCUT2D eigenvalue weighted by Gasteiger charge is -2.35. The van der Waals surface area contributed by atoms with Gasteiger partial charge in [-0.1, -0.05) is 36.9 Å². The number of carbonyl (C=O) groups excluding carboxylic acids is 1. The molecule has 1 aliphatic carbocycles. The van der Waals surface area contributed by atoms with Crippen LogP contribution in [-0.4, -0.2) is 43.1 Å². The molecule has 0 atom stereocenters. The lowest BCUT2D eigenvalue weighted by Crippen LogP contribution is -2.49. The number of hydrogen-bond acceptors (Lipinski definition) is 2. The Morgan fingerprint density at radius 3 is 2.36 bits per heavy atom. The molecule has 2 aromatic carbocycles. The van der Waals surface area contributed by atoms with Gasteiger partial charge in [-0.3, -0.25) is 4.79 Å². The van der Waals surface area contributed by atoms with Gasteiger partial charge in [0.15, 0.2) is 5.78 Å². The maximum atomic E-state index is 12.8. The summed E-state index contributed by atoms with van der Waals surface area (Å²) < 4.78 is 7.39. The number of fused-ring (bicyclic) bond motifs is 3. The zero-order valence-corrected chi connectivity index (χ0v) is 17.7. The van der Waals surface area contributed by atoms with Gasteiger partial charge < -0.3 is 9.22 Å². The predicted molar refractivity (Wildman–Crippen MR) is 116 cm³/mol. The SMILES string of the molecule is C=C(C)C(=O)c1ccc2c(c1OCC[N+](CC)(CC)CC)Cc1ccccc1-2. The average Bonchev–Trinajstić information content (AvgIpc) is 3.10. The number of ketones is 1. The number of Topliss-reactive ketones (excluding diaryl/α,β-unsaturated/α-hetero) is 1. The van der Waals surface area contributed by atoms with Gasteiger partial charge in [-0.25, -0.2) is 0 Å². The average molecular weight is 379 g/mol. The number of benzene rings is 2. The van der Waals surface area contributed by atoms with Crippen LogP contribution in [0, 0.1) is 0 Å². The Labute approximate surface area is 169 Å². The first-order valence-electron chi connectivity index (χ1n) is 10.4. The van der Waals surface area contributed by atoms with Crippen LogP contribution in [0.15, 0.2) is 48.6 Å². The molecule has 148 valence electrons. The summed E-state index contributed by atoms with van der Waals surface area (Å²) in [4.78, 5) is 12.8. The van der Waals surface area contributed by atoms with Crippen molar-refractivity contribution >= 4 is 5.78 Å². The molecule has 0 saturated heterocycles. The second kappa shape index (κ2) is 8.32. The lowest BCUT2D eigenvalue weighted by molar-refractivity contribution is -0.923. The molecule has 0 fully saturated rings. The Morgan fingerprint density at radius 2 is 1.71 bits per heavy atom. The van der Waals surface area contributed by atoms with Gasteiger partial charge in [-0.15, -0.1) is 0 Å². The summed E-state index contributed by atoms with van der Waals surface area (Å²) in [5.41, 5.74) is 6.05. The van der Waals surface area contributed by atoms with Crippen LogP contribution in [0.25, 0.3) is 11.1 Å². The van der Waals surface area contributed by atoms with Crippen molar-refractivity contribution in [1.82, 2.24) is 0 Å². The van der Waals surface area contributed by atoms with Crippen LogP contribution in [0.2, 0.25) is 0 Å². The maximum Gasteiger partial charge on any atom is 0.191 e. The Bertz CT molecular complexity index is 885. The third kappa shape index (κ3) is 3.64. The van der Waals surface area contributed by atoms with Crippen LogP contribution in [0.1, 0.15) is 49.2 Å². The van der Waals surface area contributed by atoms with E-state index in [9.17, 15) is 4.79 Å². The van der Waals surface area contributed by atoms with Crippen LogP contribution in [0.5, 0.6) is 5.75 Å². The monoisotopic (exact) mass is 378 g/mol. The van der Waals surface area contributed by atoms with E-state index in [4.69, 9.17) is 4.74 Å². The minimum absolute atomic E-state index is 0.0315. The topological polar surface area (TPSA) is 26.3 Å². The molecule has 2 aromatic rings. The molecule has 0 saturated carbocycles. The van der Waals surface area contributed by atoms with E-state index in [0.29, 0.717) is 17.7 Å².